The minimum absolute atomic E-state index is 0.000360. The molecule has 4 aliphatic rings. The van der Waals surface area contributed by atoms with Crippen LogP contribution in [0.3, 0.4) is 0 Å². The van der Waals surface area contributed by atoms with E-state index < -0.39 is 0 Å². The highest BCUT2D eigenvalue weighted by molar-refractivity contribution is 5.68. The number of fused-ring (bicyclic) bond motifs is 1. The van der Waals surface area contributed by atoms with E-state index in [0.29, 0.717) is 18.4 Å². The third-order valence-corrected chi connectivity index (χ3v) is 8.45. The predicted molar refractivity (Wildman–Crippen MR) is 157 cm³/mol. The van der Waals surface area contributed by atoms with Gasteiger partial charge in [-0.25, -0.2) is 4.98 Å². The molecule has 0 saturated heterocycles. The van der Waals surface area contributed by atoms with E-state index in [9.17, 15) is 0 Å². The summed E-state index contributed by atoms with van der Waals surface area (Å²) in [5, 5.41) is 15.3. The largest absolute Gasteiger partial charge is 0.489 e. The van der Waals surface area contributed by atoms with Gasteiger partial charge in [0.05, 0.1) is 18.7 Å². The first-order valence-corrected chi connectivity index (χ1v) is 13.8. The second-order valence-electron chi connectivity index (χ2n) is 11.2. The lowest BCUT2D eigenvalue weighted by atomic mass is 9.89. The van der Waals surface area contributed by atoms with Gasteiger partial charge in [-0.05, 0) is 62.8 Å². The number of hydrogen-bond acceptors (Lipinski definition) is 6. The van der Waals surface area contributed by atoms with Gasteiger partial charge in [-0.3, -0.25) is 0 Å². The van der Waals surface area contributed by atoms with Crippen molar-refractivity contribution in [2.24, 2.45) is 17.6 Å². The van der Waals surface area contributed by atoms with Crippen molar-refractivity contribution < 1.29 is 4.74 Å². The van der Waals surface area contributed by atoms with Gasteiger partial charge < -0.3 is 26.5 Å². The van der Waals surface area contributed by atoms with Crippen LogP contribution in [0.25, 0.3) is 0 Å². The molecule has 2 heterocycles. The van der Waals surface area contributed by atoms with Gasteiger partial charge in [0, 0.05) is 47.5 Å². The lowest BCUT2D eigenvalue weighted by Crippen LogP contribution is -2.31. The highest BCUT2D eigenvalue weighted by atomic mass is 16.5. The highest BCUT2D eigenvalue weighted by Crippen LogP contribution is 2.46. The number of rotatable bonds is 9. The van der Waals surface area contributed by atoms with Crippen molar-refractivity contribution in [3.8, 4) is 5.75 Å². The molecule has 0 amide bonds. The van der Waals surface area contributed by atoms with E-state index in [0.717, 1.165) is 46.2 Å². The van der Waals surface area contributed by atoms with Crippen LogP contribution in [0.2, 0.25) is 0 Å². The highest BCUT2D eigenvalue weighted by Gasteiger charge is 2.36. The van der Waals surface area contributed by atoms with Crippen LogP contribution in [0.5, 0.6) is 5.75 Å². The minimum atomic E-state index is -0.0490. The van der Waals surface area contributed by atoms with Crippen molar-refractivity contribution in [2.75, 3.05) is 18.5 Å². The first-order valence-electron chi connectivity index (χ1n) is 13.8. The Balaban J connectivity index is 1.40. The van der Waals surface area contributed by atoms with E-state index in [4.69, 9.17) is 20.9 Å². The molecule has 1 aromatic rings. The summed E-state index contributed by atoms with van der Waals surface area (Å²) in [5.74, 6) is 2.87. The van der Waals surface area contributed by atoms with Crippen LogP contribution in [-0.2, 0) is 0 Å². The van der Waals surface area contributed by atoms with Crippen molar-refractivity contribution in [3.63, 3.8) is 0 Å². The summed E-state index contributed by atoms with van der Waals surface area (Å²) in [6.07, 6.45) is 16.6. The summed E-state index contributed by atoms with van der Waals surface area (Å²) in [4.78, 5) is 5.18. The molecular formula is C32H41N5O. The molecule has 1 fully saturated rings. The molecule has 200 valence electrons. The molecule has 0 spiro atoms. The average molecular weight is 512 g/mol. The summed E-state index contributed by atoms with van der Waals surface area (Å²) in [6, 6.07) is 2.19. The Morgan fingerprint density at radius 3 is 2.79 bits per heavy atom. The van der Waals surface area contributed by atoms with Crippen molar-refractivity contribution in [1.82, 2.24) is 10.3 Å². The molecular weight excluding hydrogens is 470 g/mol. The molecule has 1 aliphatic heterocycles. The summed E-state index contributed by atoms with van der Waals surface area (Å²) in [7, 11) is 0. The average Bonchev–Trinajstić information content (AvgIpc) is 3.67. The fourth-order valence-electron chi connectivity index (χ4n) is 5.74. The lowest BCUT2D eigenvalue weighted by molar-refractivity contribution is 0.337. The van der Waals surface area contributed by atoms with Crippen LogP contribution in [-0.4, -0.2) is 36.4 Å². The third-order valence-electron chi connectivity index (χ3n) is 8.45. The fourth-order valence-corrected chi connectivity index (χ4v) is 5.74. The zero-order valence-corrected chi connectivity index (χ0v) is 23.1. The summed E-state index contributed by atoms with van der Waals surface area (Å²) in [6.45, 7) is 14.2. The van der Waals surface area contributed by atoms with Crippen molar-refractivity contribution in [1.29, 1.82) is 5.41 Å². The Kier molecular flexibility index (Phi) is 7.44. The van der Waals surface area contributed by atoms with Crippen LogP contribution >= 0.6 is 0 Å². The molecule has 5 atom stereocenters. The molecule has 5 rings (SSSR count). The summed E-state index contributed by atoms with van der Waals surface area (Å²) in [5.41, 5.74) is 14.1. The van der Waals surface area contributed by atoms with Gasteiger partial charge in [-0.15, -0.1) is 0 Å². The van der Waals surface area contributed by atoms with Crippen LogP contribution < -0.4 is 21.1 Å². The van der Waals surface area contributed by atoms with Gasteiger partial charge in [-0.2, -0.15) is 0 Å². The predicted octanol–water partition coefficient (Wildman–Crippen LogP) is 5.90. The van der Waals surface area contributed by atoms with Crippen molar-refractivity contribution in [2.45, 2.75) is 64.5 Å². The summed E-state index contributed by atoms with van der Waals surface area (Å²) >= 11 is 0. The number of aromatic nitrogens is 1. The Labute approximate surface area is 227 Å². The number of nitrogens with zero attached hydrogens (tertiary/aromatic N) is 1. The van der Waals surface area contributed by atoms with Crippen molar-refractivity contribution in [3.05, 3.63) is 88.3 Å². The molecule has 0 radical (unpaired) electrons. The van der Waals surface area contributed by atoms with E-state index in [1.54, 1.807) is 0 Å². The number of allylic oxidation sites excluding steroid dienone is 4. The molecule has 0 bridgehead atoms. The Morgan fingerprint density at radius 2 is 2.08 bits per heavy atom. The van der Waals surface area contributed by atoms with Gasteiger partial charge in [0.2, 0.25) is 0 Å². The molecule has 6 nitrogen and oxygen atoms in total. The quantitative estimate of drug-likeness (QED) is 0.310. The Bertz CT molecular complexity index is 1280. The first-order chi connectivity index (χ1) is 18.3. The lowest BCUT2D eigenvalue weighted by Gasteiger charge is -2.28. The maximum atomic E-state index is 7.98. The molecule has 1 saturated carbocycles. The molecule has 1 aromatic heterocycles. The fraction of sp³-hybridized carbons (Fsp3) is 0.438. The van der Waals surface area contributed by atoms with E-state index in [2.05, 4.69) is 80.5 Å². The van der Waals surface area contributed by atoms with Gasteiger partial charge >= 0.3 is 0 Å². The second-order valence-corrected chi connectivity index (χ2v) is 11.2. The van der Waals surface area contributed by atoms with Crippen LogP contribution in [0.1, 0.15) is 63.6 Å². The Morgan fingerprint density at radius 1 is 1.29 bits per heavy atom. The van der Waals surface area contributed by atoms with Gasteiger partial charge in [0.15, 0.2) is 11.6 Å². The SMILES string of the molecule is C=C(NCC(c1cc2c(c(NC3C=CC=C(C)C3C=N)n1)OCC2C)C1CC1)C1=C/C(=C/C)C(N)C(C)=C1. The monoisotopic (exact) mass is 511 g/mol. The third kappa shape index (κ3) is 5.14. The summed E-state index contributed by atoms with van der Waals surface area (Å²) < 4.78 is 6.13. The number of hydrogen-bond donors (Lipinski definition) is 4. The van der Waals surface area contributed by atoms with E-state index in [-0.39, 0.29) is 23.9 Å². The molecule has 0 aromatic carbocycles. The molecule has 3 aliphatic carbocycles. The first kappa shape index (κ1) is 26.2. The maximum absolute atomic E-state index is 7.98. The molecule has 38 heavy (non-hydrogen) atoms. The van der Waals surface area contributed by atoms with E-state index in [1.165, 1.54) is 30.2 Å². The number of nitrogens with one attached hydrogen (secondary N) is 3. The van der Waals surface area contributed by atoms with Gasteiger partial charge in [-0.1, -0.05) is 55.0 Å². The van der Waals surface area contributed by atoms with Crippen LogP contribution in [0.4, 0.5) is 5.82 Å². The topological polar surface area (TPSA) is 96.0 Å². The second kappa shape index (κ2) is 10.8. The maximum Gasteiger partial charge on any atom is 0.169 e. The smallest absolute Gasteiger partial charge is 0.169 e. The minimum Gasteiger partial charge on any atom is -0.489 e. The zero-order chi connectivity index (χ0) is 27.0. The normalized spacial score (nSPS) is 28.0. The standard InChI is InChI=1S/C32H41N5O/c1-6-22-13-24(12-19(3)30(22)34)21(5)35-16-27(23-10-11-23)29-14-25-20(4)17-38-31(25)32(37-29)36-28-9-7-8-18(2)26(28)15-33/h6-9,12-15,20,23,26-28,30,33,35H,5,10-11,16-17,34H2,1-4H3,(H,36,37)/b22-6-,33-15?. The van der Waals surface area contributed by atoms with Gasteiger partial charge in [0.25, 0.3) is 0 Å². The molecule has 5 N–H and O–H groups in total. The number of pyridine rings is 1. The molecule has 5 unspecified atom stereocenters. The van der Waals surface area contributed by atoms with Crippen LogP contribution in [0.15, 0.2) is 77.1 Å². The molecule has 6 heteroatoms. The van der Waals surface area contributed by atoms with Crippen molar-refractivity contribution >= 4 is 12.0 Å². The van der Waals surface area contributed by atoms with E-state index in [1.807, 2.05) is 6.92 Å². The Hall–Kier alpha value is -3.38. The number of ether oxygens (including phenoxy) is 1. The van der Waals surface area contributed by atoms with Gasteiger partial charge in [0.1, 0.15) is 0 Å². The number of nitrogens with two attached hydrogens (primary N) is 1. The van der Waals surface area contributed by atoms with E-state index >= 15 is 0 Å². The van der Waals surface area contributed by atoms with Crippen LogP contribution in [0, 0.1) is 17.2 Å². The zero-order valence-electron chi connectivity index (χ0n) is 23.1. The number of anilines is 1.